The van der Waals surface area contributed by atoms with Crippen LogP contribution in [-0.2, 0) is 0 Å². The number of ether oxygens (including phenoxy) is 1. The Bertz CT molecular complexity index is 444. The number of nitrogens with two attached hydrogens (primary N) is 1. The lowest BCUT2D eigenvalue weighted by Gasteiger charge is -2.20. The third-order valence-corrected chi connectivity index (χ3v) is 2.02. The third-order valence-electron chi connectivity index (χ3n) is 1.73. The highest BCUT2D eigenvalue weighted by molar-refractivity contribution is 6.31. The minimum absolute atomic E-state index is 0.0614. The van der Waals surface area contributed by atoms with Crippen LogP contribution in [0.4, 0.5) is 14.9 Å². The van der Waals surface area contributed by atoms with E-state index >= 15 is 0 Å². The molecule has 94 valence electrons. The van der Waals surface area contributed by atoms with E-state index in [9.17, 15) is 9.18 Å². The van der Waals surface area contributed by atoms with Gasteiger partial charge in [0.25, 0.3) is 0 Å². The van der Waals surface area contributed by atoms with Crippen LogP contribution in [0.15, 0.2) is 12.1 Å². The van der Waals surface area contributed by atoms with Gasteiger partial charge < -0.3 is 15.8 Å². The number of nitrogen functional groups attached to an aromatic ring is 1. The minimum Gasteiger partial charge on any atom is -0.408 e. The fraction of sp³-hybridized carbons (Fsp3) is 0.364. The Balaban J connectivity index is 2.82. The van der Waals surface area contributed by atoms with Crippen molar-refractivity contribution >= 4 is 23.4 Å². The van der Waals surface area contributed by atoms with Crippen LogP contribution in [-0.4, -0.2) is 11.6 Å². The standard InChI is InChI=1S/C11H14ClFN2O2/c1-11(2,3)15-10(16)17-9-5-7(13)6(12)4-8(9)14/h4-5H,14H2,1-3H3,(H,15,16). The Labute approximate surface area is 104 Å². The van der Waals surface area contributed by atoms with Crippen LogP contribution in [0.2, 0.25) is 5.02 Å². The van der Waals surface area contributed by atoms with Gasteiger partial charge >= 0.3 is 6.09 Å². The zero-order chi connectivity index (χ0) is 13.2. The molecule has 0 aliphatic carbocycles. The summed E-state index contributed by atoms with van der Waals surface area (Å²) in [6, 6.07) is 2.16. The van der Waals surface area contributed by atoms with Crippen molar-refractivity contribution in [3.8, 4) is 5.75 Å². The second-order valence-corrected chi connectivity index (χ2v) is 4.98. The molecule has 1 rings (SSSR count). The highest BCUT2D eigenvalue weighted by Gasteiger charge is 2.17. The summed E-state index contributed by atoms with van der Waals surface area (Å²) < 4.78 is 18.0. The van der Waals surface area contributed by atoms with Gasteiger partial charge in [0.2, 0.25) is 0 Å². The van der Waals surface area contributed by atoms with Crippen molar-refractivity contribution in [1.29, 1.82) is 0 Å². The lowest BCUT2D eigenvalue weighted by molar-refractivity contribution is 0.191. The van der Waals surface area contributed by atoms with Gasteiger partial charge in [-0.3, -0.25) is 0 Å². The quantitative estimate of drug-likeness (QED) is 0.763. The largest absolute Gasteiger partial charge is 0.413 e. The predicted octanol–water partition coefficient (Wildman–Crippen LogP) is 2.95. The van der Waals surface area contributed by atoms with Crippen LogP contribution in [0.1, 0.15) is 20.8 Å². The minimum atomic E-state index is -0.703. The molecule has 0 heterocycles. The number of rotatable bonds is 1. The summed E-state index contributed by atoms with van der Waals surface area (Å²) in [5.41, 5.74) is 5.20. The van der Waals surface area contributed by atoms with E-state index in [4.69, 9.17) is 22.1 Å². The monoisotopic (exact) mass is 260 g/mol. The molecular weight excluding hydrogens is 247 g/mol. The number of hydrogen-bond donors (Lipinski definition) is 2. The van der Waals surface area contributed by atoms with Crippen LogP contribution in [0.25, 0.3) is 0 Å². The molecule has 0 fully saturated rings. The number of nitrogens with one attached hydrogen (secondary N) is 1. The van der Waals surface area contributed by atoms with Gasteiger partial charge in [0.1, 0.15) is 5.82 Å². The van der Waals surface area contributed by atoms with E-state index in [0.717, 1.165) is 6.07 Å². The van der Waals surface area contributed by atoms with Crippen LogP contribution in [0, 0.1) is 5.82 Å². The molecule has 0 bridgehead atoms. The summed E-state index contributed by atoms with van der Waals surface area (Å²) in [4.78, 5) is 11.4. The Morgan fingerprint density at radius 1 is 1.47 bits per heavy atom. The summed E-state index contributed by atoms with van der Waals surface area (Å²) in [5, 5.41) is 2.44. The Morgan fingerprint density at radius 2 is 2.06 bits per heavy atom. The zero-order valence-electron chi connectivity index (χ0n) is 9.80. The van der Waals surface area contributed by atoms with Gasteiger partial charge in [0, 0.05) is 11.6 Å². The van der Waals surface area contributed by atoms with Gasteiger partial charge in [-0.25, -0.2) is 9.18 Å². The normalized spacial score (nSPS) is 11.1. The molecule has 0 saturated carbocycles. The van der Waals surface area contributed by atoms with Crippen LogP contribution in [0.3, 0.4) is 0 Å². The second kappa shape index (κ2) is 4.79. The summed E-state index contributed by atoms with van der Waals surface area (Å²) in [7, 11) is 0. The highest BCUT2D eigenvalue weighted by atomic mass is 35.5. The zero-order valence-corrected chi connectivity index (χ0v) is 10.6. The SMILES string of the molecule is CC(C)(C)NC(=O)Oc1cc(F)c(Cl)cc1N. The average molecular weight is 261 g/mol. The average Bonchev–Trinajstić information content (AvgIpc) is 2.11. The maximum absolute atomic E-state index is 13.1. The van der Waals surface area contributed by atoms with E-state index in [-0.39, 0.29) is 16.5 Å². The summed E-state index contributed by atoms with van der Waals surface area (Å²) in [6.45, 7) is 5.38. The molecule has 0 aliphatic rings. The number of anilines is 1. The molecule has 0 aromatic heterocycles. The number of carbonyl (C=O) groups excluding carboxylic acids is 1. The van der Waals surface area contributed by atoms with E-state index in [1.54, 1.807) is 20.8 Å². The second-order valence-electron chi connectivity index (χ2n) is 4.57. The molecule has 0 unspecified atom stereocenters. The van der Waals surface area contributed by atoms with Gasteiger partial charge in [0.05, 0.1) is 10.7 Å². The first-order chi connectivity index (χ1) is 7.69. The van der Waals surface area contributed by atoms with E-state index in [0.29, 0.717) is 0 Å². The van der Waals surface area contributed by atoms with Crippen molar-refractivity contribution in [2.45, 2.75) is 26.3 Å². The van der Waals surface area contributed by atoms with Gasteiger partial charge in [0.15, 0.2) is 5.75 Å². The molecular formula is C11H14ClFN2O2. The fourth-order valence-corrected chi connectivity index (χ4v) is 1.24. The Hall–Kier alpha value is -1.49. The van der Waals surface area contributed by atoms with Gasteiger partial charge in [-0.05, 0) is 26.8 Å². The van der Waals surface area contributed by atoms with Crippen molar-refractivity contribution in [3.05, 3.63) is 23.0 Å². The molecule has 4 nitrogen and oxygen atoms in total. The number of carbonyl (C=O) groups is 1. The smallest absolute Gasteiger partial charge is 0.408 e. The molecule has 6 heteroatoms. The fourth-order valence-electron chi connectivity index (χ4n) is 1.06. The maximum Gasteiger partial charge on any atom is 0.413 e. The molecule has 1 aromatic carbocycles. The van der Waals surface area contributed by atoms with Gasteiger partial charge in [-0.1, -0.05) is 11.6 Å². The first-order valence-electron chi connectivity index (χ1n) is 4.93. The first kappa shape index (κ1) is 13.6. The molecule has 3 N–H and O–H groups in total. The van der Waals surface area contributed by atoms with Gasteiger partial charge in [-0.15, -0.1) is 0 Å². The first-order valence-corrected chi connectivity index (χ1v) is 5.31. The van der Waals surface area contributed by atoms with E-state index in [1.807, 2.05) is 0 Å². The molecule has 0 spiro atoms. The highest BCUT2D eigenvalue weighted by Crippen LogP contribution is 2.28. The van der Waals surface area contributed by atoms with Crippen LogP contribution >= 0.6 is 11.6 Å². The van der Waals surface area contributed by atoms with E-state index < -0.39 is 17.4 Å². The van der Waals surface area contributed by atoms with Crippen molar-refractivity contribution in [3.63, 3.8) is 0 Å². The lowest BCUT2D eigenvalue weighted by Crippen LogP contribution is -2.42. The molecule has 1 amide bonds. The summed E-state index contributed by atoms with van der Waals surface area (Å²) >= 11 is 5.52. The molecule has 0 saturated heterocycles. The van der Waals surface area contributed by atoms with Crippen molar-refractivity contribution in [2.24, 2.45) is 0 Å². The van der Waals surface area contributed by atoms with E-state index in [1.165, 1.54) is 6.07 Å². The third kappa shape index (κ3) is 4.11. The molecule has 0 radical (unpaired) electrons. The van der Waals surface area contributed by atoms with Crippen molar-refractivity contribution < 1.29 is 13.9 Å². The predicted molar refractivity (Wildman–Crippen MR) is 64.7 cm³/mol. The van der Waals surface area contributed by atoms with Crippen molar-refractivity contribution in [2.75, 3.05) is 5.73 Å². The van der Waals surface area contributed by atoms with Crippen molar-refractivity contribution in [1.82, 2.24) is 5.32 Å². The van der Waals surface area contributed by atoms with E-state index in [2.05, 4.69) is 5.32 Å². The lowest BCUT2D eigenvalue weighted by atomic mass is 10.1. The molecule has 1 aromatic rings. The molecule has 0 atom stereocenters. The summed E-state index contributed by atoms with van der Waals surface area (Å²) in [6.07, 6.45) is -0.703. The Morgan fingerprint density at radius 3 is 2.59 bits per heavy atom. The summed E-state index contributed by atoms with van der Waals surface area (Å²) in [5.74, 6) is -0.756. The van der Waals surface area contributed by atoms with Crippen LogP contribution in [0.5, 0.6) is 5.75 Å². The molecule has 17 heavy (non-hydrogen) atoms. The number of benzene rings is 1. The number of halogens is 2. The van der Waals surface area contributed by atoms with Gasteiger partial charge in [-0.2, -0.15) is 0 Å². The topological polar surface area (TPSA) is 64.3 Å². The Kier molecular flexibility index (Phi) is 3.83. The molecule has 0 aliphatic heterocycles. The van der Waals surface area contributed by atoms with Crippen LogP contribution < -0.4 is 15.8 Å². The number of hydrogen-bond acceptors (Lipinski definition) is 3. The number of amides is 1. The maximum atomic E-state index is 13.1.